The van der Waals surface area contributed by atoms with Crippen LogP contribution in [0.15, 0.2) is 78.0 Å². The van der Waals surface area contributed by atoms with Gasteiger partial charge < -0.3 is 19.8 Å². The summed E-state index contributed by atoms with van der Waals surface area (Å²) in [6, 6.07) is 19.6. The molecule has 0 saturated carbocycles. The van der Waals surface area contributed by atoms with Crippen LogP contribution in [0.4, 0.5) is 5.82 Å². The van der Waals surface area contributed by atoms with Crippen molar-refractivity contribution >= 4 is 26.7 Å². The second-order valence-corrected chi connectivity index (χ2v) is 10.3. The zero-order chi connectivity index (χ0) is 24.3. The number of sulfonamides is 1. The number of nitrogens with zero attached hydrogens (tertiary/aromatic N) is 2. The number of ether oxygens (including phenoxy) is 2. The first-order chi connectivity index (χ1) is 17.1. The molecular weight excluding hydrogens is 464 g/mol. The van der Waals surface area contributed by atoms with Gasteiger partial charge in [-0.3, -0.25) is 0 Å². The fraction of sp³-hybridized carbons (Fsp3) is 0.269. The smallest absolute Gasteiger partial charge is 0.244 e. The summed E-state index contributed by atoms with van der Waals surface area (Å²) in [5.41, 5.74) is 3.39. The standard InChI is InChI=1S/C26H28N4O4S/c1-33-20-8-6-19(7-9-20)23(24-18-27-25-5-3-2-4-22(24)25)17-29-26-11-10-21(16-28-26)35(31,32)30-12-14-34-15-13-30/h2-11,16,18,23,27H,12-15,17H2,1H3,(H,28,29)/t23-/m0/s1. The SMILES string of the molecule is COc1ccc([C@H](CNc2ccc(S(=O)(=O)N3CCOCC3)cn2)c2c[nH]c3ccccc23)cc1. The van der Waals surface area contributed by atoms with E-state index < -0.39 is 10.0 Å². The Hall–Kier alpha value is -3.40. The van der Waals surface area contributed by atoms with Crippen molar-refractivity contribution in [2.75, 3.05) is 45.3 Å². The van der Waals surface area contributed by atoms with Crippen molar-refractivity contribution < 1.29 is 17.9 Å². The van der Waals surface area contributed by atoms with E-state index in [1.165, 1.54) is 16.1 Å². The number of benzene rings is 2. The van der Waals surface area contributed by atoms with Crippen LogP contribution in [0.2, 0.25) is 0 Å². The summed E-state index contributed by atoms with van der Waals surface area (Å²) in [6.07, 6.45) is 3.47. The number of pyridine rings is 1. The highest BCUT2D eigenvalue weighted by atomic mass is 32.2. The van der Waals surface area contributed by atoms with Gasteiger partial charge in [-0.05, 0) is 41.5 Å². The molecule has 1 aliphatic rings. The summed E-state index contributed by atoms with van der Waals surface area (Å²) in [7, 11) is -1.92. The van der Waals surface area contributed by atoms with Gasteiger partial charge in [-0.1, -0.05) is 30.3 Å². The molecule has 5 rings (SSSR count). The largest absolute Gasteiger partial charge is 0.497 e. The molecule has 0 spiro atoms. The molecule has 1 atom stereocenters. The van der Waals surface area contributed by atoms with Crippen LogP contribution in [0, 0.1) is 0 Å². The Morgan fingerprint density at radius 1 is 1.09 bits per heavy atom. The molecule has 9 heteroatoms. The van der Waals surface area contributed by atoms with Crippen LogP contribution in [-0.2, 0) is 14.8 Å². The van der Waals surface area contributed by atoms with Crippen LogP contribution in [0.1, 0.15) is 17.0 Å². The number of methoxy groups -OCH3 is 1. The summed E-state index contributed by atoms with van der Waals surface area (Å²) in [6.45, 7) is 2.11. The molecule has 35 heavy (non-hydrogen) atoms. The van der Waals surface area contributed by atoms with Crippen molar-refractivity contribution in [3.05, 3.63) is 84.2 Å². The monoisotopic (exact) mass is 492 g/mol. The Balaban J connectivity index is 1.38. The molecule has 0 radical (unpaired) electrons. The summed E-state index contributed by atoms with van der Waals surface area (Å²) in [5, 5.41) is 4.56. The Bertz CT molecular complexity index is 1380. The molecule has 2 N–H and O–H groups in total. The van der Waals surface area contributed by atoms with E-state index in [1.54, 1.807) is 19.2 Å². The number of anilines is 1. The van der Waals surface area contributed by atoms with Crippen molar-refractivity contribution in [1.29, 1.82) is 0 Å². The van der Waals surface area contributed by atoms with Crippen molar-refractivity contribution in [1.82, 2.24) is 14.3 Å². The van der Waals surface area contributed by atoms with Crippen molar-refractivity contribution in [2.45, 2.75) is 10.8 Å². The van der Waals surface area contributed by atoms with Gasteiger partial charge in [0.25, 0.3) is 0 Å². The minimum Gasteiger partial charge on any atom is -0.497 e. The van der Waals surface area contributed by atoms with Gasteiger partial charge in [0.05, 0.1) is 20.3 Å². The number of aromatic nitrogens is 2. The molecular formula is C26H28N4O4S. The van der Waals surface area contributed by atoms with Gasteiger partial charge in [-0.15, -0.1) is 0 Å². The highest BCUT2D eigenvalue weighted by molar-refractivity contribution is 7.89. The number of hydrogen-bond acceptors (Lipinski definition) is 6. The molecule has 182 valence electrons. The lowest BCUT2D eigenvalue weighted by atomic mass is 9.91. The summed E-state index contributed by atoms with van der Waals surface area (Å²) in [5.74, 6) is 1.46. The highest BCUT2D eigenvalue weighted by Gasteiger charge is 2.26. The first-order valence-electron chi connectivity index (χ1n) is 11.5. The third-order valence-corrected chi connectivity index (χ3v) is 8.23. The predicted octanol–water partition coefficient (Wildman–Crippen LogP) is 3.84. The van der Waals surface area contributed by atoms with Gasteiger partial charge in [0.15, 0.2) is 0 Å². The van der Waals surface area contributed by atoms with Gasteiger partial charge in [0.1, 0.15) is 16.5 Å². The third-order valence-electron chi connectivity index (χ3n) is 6.35. The van der Waals surface area contributed by atoms with Crippen LogP contribution in [0.5, 0.6) is 5.75 Å². The van der Waals surface area contributed by atoms with Gasteiger partial charge in [0.2, 0.25) is 10.0 Å². The van der Waals surface area contributed by atoms with Crippen molar-refractivity contribution in [2.24, 2.45) is 0 Å². The number of aromatic amines is 1. The third kappa shape index (κ3) is 4.88. The van der Waals surface area contributed by atoms with Gasteiger partial charge in [0, 0.05) is 48.8 Å². The van der Waals surface area contributed by atoms with E-state index in [0.29, 0.717) is 38.7 Å². The summed E-state index contributed by atoms with van der Waals surface area (Å²) >= 11 is 0. The molecule has 8 nitrogen and oxygen atoms in total. The lowest BCUT2D eigenvalue weighted by Gasteiger charge is -2.26. The lowest BCUT2D eigenvalue weighted by Crippen LogP contribution is -2.40. The van der Waals surface area contributed by atoms with E-state index >= 15 is 0 Å². The number of hydrogen-bond donors (Lipinski definition) is 2. The van der Waals surface area contributed by atoms with Gasteiger partial charge in [-0.25, -0.2) is 13.4 Å². The number of morpholine rings is 1. The van der Waals surface area contributed by atoms with E-state index in [1.807, 2.05) is 30.5 Å². The molecule has 2 aromatic carbocycles. The Morgan fingerprint density at radius 2 is 1.86 bits per heavy atom. The Labute approximate surface area is 205 Å². The number of nitrogens with one attached hydrogen (secondary N) is 2. The van der Waals surface area contributed by atoms with E-state index in [0.717, 1.165) is 22.2 Å². The van der Waals surface area contributed by atoms with Crippen LogP contribution in [0.3, 0.4) is 0 Å². The van der Waals surface area contributed by atoms with Crippen LogP contribution in [0.25, 0.3) is 10.9 Å². The minimum atomic E-state index is -3.57. The Morgan fingerprint density at radius 3 is 2.57 bits per heavy atom. The molecule has 0 unspecified atom stereocenters. The second kappa shape index (κ2) is 10.1. The van der Waals surface area contributed by atoms with E-state index in [-0.39, 0.29) is 10.8 Å². The molecule has 3 heterocycles. The molecule has 0 aliphatic carbocycles. The van der Waals surface area contributed by atoms with Gasteiger partial charge >= 0.3 is 0 Å². The van der Waals surface area contributed by atoms with Crippen LogP contribution >= 0.6 is 0 Å². The number of para-hydroxylation sites is 1. The fourth-order valence-corrected chi connectivity index (χ4v) is 5.76. The quantitative estimate of drug-likeness (QED) is 0.388. The number of H-pyrrole nitrogens is 1. The first-order valence-corrected chi connectivity index (χ1v) is 13.0. The molecule has 2 aromatic heterocycles. The topological polar surface area (TPSA) is 96.6 Å². The van der Waals surface area contributed by atoms with E-state index in [2.05, 4.69) is 39.6 Å². The first kappa shape index (κ1) is 23.3. The predicted molar refractivity (Wildman–Crippen MR) is 135 cm³/mol. The lowest BCUT2D eigenvalue weighted by molar-refractivity contribution is 0.0730. The van der Waals surface area contributed by atoms with Crippen molar-refractivity contribution in [3.8, 4) is 5.75 Å². The average molecular weight is 493 g/mol. The summed E-state index contributed by atoms with van der Waals surface area (Å²) < 4.78 is 37.8. The molecule has 1 aliphatic heterocycles. The van der Waals surface area contributed by atoms with E-state index in [9.17, 15) is 8.42 Å². The van der Waals surface area contributed by atoms with Crippen LogP contribution in [-0.4, -0.2) is 62.6 Å². The molecule has 0 bridgehead atoms. The normalized spacial score (nSPS) is 15.7. The maximum atomic E-state index is 12.9. The summed E-state index contributed by atoms with van der Waals surface area (Å²) in [4.78, 5) is 7.95. The zero-order valence-corrected chi connectivity index (χ0v) is 20.3. The maximum Gasteiger partial charge on any atom is 0.244 e. The van der Waals surface area contributed by atoms with Gasteiger partial charge in [-0.2, -0.15) is 4.31 Å². The van der Waals surface area contributed by atoms with Crippen LogP contribution < -0.4 is 10.1 Å². The Kier molecular flexibility index (Phi) is 6.72. The highest BCUT2D eigenvalue weighted by Crippen LogP contribution is 2.32. The molecule has 1 fully saturated rings. The minimum absolute atomic E-state index is 0.0376. The number of rotatable bonds is 8. The fourth-order valence-electron chi connectivity index (χ4n) is 4.41. The van der Waals surface area contributed by atoms with Crippen molar-refractivity contribution in [3.63, 3.8) is 0 Å². The molecule has 0 amide bonds. The average Bonchev–Trinajstić information content (AvgIpc) is 3.34. The zero-order valence-electron chi connectivity index (χ0n) is 19.5. The second-order valence-electron chi connectivity index (χ2n) is 8.39. The maximum absolute atomic E-state index is 12.9. The molecule has 4 aromatic rings. The number of fused-ring (bicyclic) bond motifs is 1. The van der Waals surface area contributed by atoms with E-state index in [4.69, 9.17) is 9.47 Å². The molecule has 1 saturated heterocycles.